The zero-order valence-corrected chi connectivity index (χ0v) is 14.7. The van der Waals surface area contributed by atoms with Crippen molar-refractivity contribution < 1.29 is 19.1 Å². The van der Waals surface area contributed by atoms with E-state index in [1.165, 1.54) is 6.92 Å². The molecule has 0 saturated carbocycles. The van der Waals surface area contributed by atoms with Crippen molar-refractivity contribution in [3.63, 3.8) is 0 Å². The van der Waals surface area contributed by atoms with Crippen LogP contribution in [0.25, 0.3) is 0 Å². The van der Waals surface area contributed by atoms with Crippen LogP contribution in [-0.4, -0.2) is 30.3 Å². The maximum Gasteiger partial charge on any atom is 0.328 e. The van der Waals surface area contributed by atoms with E-state index in [-0.39, 0.29) is 18.3 Å². The molecule has 0 aliphatic rings. The largest absolute Gasteiger partial charge is 0.456 e. The van der Waals surface area contributed by atoms with Crippen LogP contribution in [0.3, 0.4) is 0 Å². The van der Waals surface area contributed by atoms with Crippen molar-refractivity contribution in [2.75, 3.05) is 6.61 Å². The van der Waals surface area contributed by atoms with Gasteiger partial charge in [0, 0.05) is 15.5 Å². The minimum Gasteiger partial charge on any atom is -0.456 e. The van der Waals surface area contributed by atoms with Gasteiger partial charge >= 0.3 is 5.97 Å². The molecule has 0 aliphatic carbocycles. The van der Waals surface area contributed by atoms with Crippen LogP contribution in [-0.2, 0) is 14.3 Å². The third-order valence-corrected chi connectivity index (χ3v) is 3.52. The molecule has 0 aliphatic heterocycles. The van der Waals surface area contributed by atoms with E-state index in [1.54, 1.807) is 45.0 Å². The molecule has 0 fully saturated rings. The van der Waals surface area contributed by atoms with E-state index in [2.05, 4.69) is 21.2 Å². The molecule has 0 aromatic heterocycles. The molecule has 0 bridgehead atoms. The monoisotopic (exact) mass is 369 g/mol. The molecule has 1 aromatic rings. The van der Waals surface area contributed by atoms with Crippen LogP contribution in [0.15, 0.2) is 28.7 Å². The second kappa shape index (κ2) is 7.54. The summed E-state index contributed by atoms with van der Waals surface area (Å²) in [5.74, 6) is -1.19. The van der Waals surface area contributed by atoms with Crippen LogP contribution in [0.5, 0.6) is 0 Å². The lowest BCUT2D eigenvalue weighted by molar-refractivity contribution is -0.151. The fourth-order valence-electron chi connectivity index (χ4n) is 1.42. The first-order chi connectivity index (χ1) is 10.1. The summed E-state index contributed by atoms with van der Waals surface area (Å²) in [5, 5.41) is 2.54. The van der Waals surface area contributed by atoms with Gasteiger partial charge in [0.2, 0.25) is 0 Å². The number of carbonyl (C=O) groups excluding carboxylic acids is 3. The van der Waals surface area contributed by atoms with Crippen LogP contribution >= 0.6 is 15.9 Å². The fourth-order valence-corrected chi connectivity index (χ4v) is 1.68. The van der Waals surface area contributed by atoms with Crippen molar-refractivity contribution in [1.82, 2.24) is 5.32 Å². The van der Waals surface area contributed by atoms with E-state index >= 15 is 0 Å². The summed E-state index contributed by atoms with van der Waals surface area (Å²) in [5.41, 5.74) is -0.127. The summed E-state index contributed by atoms with van der Waals surface area (Å²) in [4.78, 5) is 35.5. The molecule has 120 valence electrons. The molecule has 0 saturated heterocycles. The number of halogens is 1. The predicted molar refractivity (Wildman–Crippen MR) is 86.5 cm³/mol. The minimum atomic E-state index is -0.830. The first-order valence-electron chi connectivity index (χ1n) is 6.87. The Hall–Kier alpha value is -1.69. The van der Waals surface area contributed by atoms with E-state index in [0.29, 0.717) is 5.56 Å². The van der Waals surface area contributed by atoms with Gasteiger partial charge in [-0.1, -0.05) is 36.7 Å². The standard InChI is InChI=1S/C16H20BrNO4/c1-10(15(21)22-9-13(19)16(2,3)4)18-14(20)11-5-7-12(17)8-6-11/h5-8,10H,9H2,1-4H3,(H,18,20)/t10-/m0/s1. The Morgan fingerprint density at radius 1 is 1.18 bits per heavy atom. The number of esters is 1. The van der Waals surface area contributed by atoms with Gasteiger partial charge in [-0.3, -0.25) is 9.59 Å². The molecule has 0 heterocycles. The van der Waals surface area contributed by atoms with Gasteiger partial charge in [0.1, 0.15) is 6.04 Å². The number of hydrogen-bond acceptors (Lipinski definition) is 4. The highest BCUT2D eigenvalue weighted by Gasteiger charge is 2.24. The number of benzene rings is 1. The summed E-state index contributed by atoms with van der Waals surface area (Å²) in [7, 11) is 0. The molecule has 0 radical (unpaired) electrons. The molecule has 6 heteroatoms. The number of nitrogens with one attached hydrogen (secondary N) is 1. The highest BCUT2D eigenvalue weighted by molar-refractivity contribution is 9.10. The highest BCUT2D eigenvalue weighted by atomic mass is 79.9. The van der Waals surface area contributed by atoms with E-state index in [4.69, 9.17) is 4.74 Å². The summed E-state index contributed by atoms with van der Waals surface area (Å²) >= 11 is 3.28. The van der Waals surface area contributed by atoms with Gasteiger partial charge in [0.15, 0.2) is 12.4 Å². The first kappa shape index (κ1) is 18.4. The normalized spacial score (nSPS) is 12.4. The molecule has 1 atom stereocenters. The minimum absolute atomic E-state index is 0.174. The Bertz CT molecular complexity index is 561. The maximum absolute atomic E-state index is 12.0. The van der Waals surface area contributed by atoms with Crippen LogP contribution in [0, 0.1) is 5.41 Å². The number of rotatable bonds is 5. The van der Waals surface area contributed by atoms with E-state index in [1.807, 2.05) is 0 Å². The molecule has 0 spiro atoms. The summed E-state index contributed by atoms with van der Waals surface area (Å²) < 4.78 is 5.80. The van der Waals surface area contributed by atoms with Crippen LogP contribution in [0.4, 0.5) is 0 Å². The van der Waals surface area contributed by atoms with Crippen LogP contribution in [0.2, 0.25) is 0 Å². The second-order valence-corrected chi connectivity index (χ2v) is 6.90. The molecular formula is C16H20BrNO4. The van der Waals surface area contributed by atoms with Gasteiger partial charge < -0.3 is 10.1 Å². The van der Waals surface area contributed by atoms with Gasteiger partial charge in [-0.25, -0.2) is 4.79 Å². The van der Waals surface area contributed by atoms with E-state index < -0.39 is 17.4 Å². The predicted octanol–water partition coefficient (Wildman–Crippen LogP) is 2.73. The Morgan fingerprint density at radius 3 is 2.23 bits per heavy atom. The Balaban J connectivity index is 2.52. The molecule has 5 nitrogen and oxygen atoms in total. The third kappa shape index (κ3) is 5.60. The van der Waals surface area contributed by atoms with E-state index in [9.17, 15) is 14.4 Å². The van der Waals surface area contributed by atoms with Gasteiger partial charge in [-0.15, -0.1) is 0 Å². The Kier molecular flexibility index (Phi) is 6.29. The van der Waals surface area contributed by atoms with Gasteiger partial charge in [0.05, 0.1) is 0 Å². The van der Waals surface area contributed by atoms with Crippen molar-refractivity contribution in [1.29, 1.82) is 0 Å². The lowest BCUT2D eigenvalue weighted by Crippen LogP contribution is -2.40. The lowest BCUT2D eigenvalue weighted by Gasteiger charge is -2.18. The van der Waals surface area contributed by atoms with Crippen LogP contribution < -0.4 is 5.32 Å². The number of ether oxygens (including phenoxy) is 1. The quantitative estimate of drug-likeness (QED) is 0.809. The second-order valence-electron chi connectivity index (χ2n) is 5.98. The molecular weight excluding hydrogens is 350 g/mol. The Labute approximate surface area is 138 Å². The lowest BCUT2D eigenvalue weighted by atomic mass is 9.91. The van der Waals surface area contributed by atoms with Gasteiger partial charge in [-0.05, 0) is 31.2 Å². The van der Waals surface area contributed by atoms with Gasteiger partial charge in [0.25, 0.3) is 5.91 Å². The summed E-state index contributed by atoms with van der Waals surface area (Å²) in [6, 6.07) is 5.92. The molecule has 22 heavy (non-hydrogen) atoms. The molecule has 1 aromatic carbocycles. The van der Waals surface area contributed by atoms with Crippen molar-refractivity contribution >= 4 is 33.6 Å². The number of amides is 1. The molecule has 1 rings (SSSR count). The number of carbonyl (C=O) groups is 3. The summed E-state index contributed by atoms with van der Waals surface area (Å²) in [6.45, 7) is 6.48. The maximum atomic E-state index is 12.0. The Morgan fingerprint density at radius 2 is 1.73 bits per heavy atom. The van der Waals surface area contributed by atoms with Crippen molar-refractivity contribution in [2.24, 2.45) is 5.41 Å². The number of Topliss-reactive ketones (excluding diaryl/α,β-unsaturated/α-hetero) is 1. The van der Waals surface area contributed by atoms with Gasteiger partial charge in [-0.2, -0.15) is 0 Å². The van der Waals surface area contributed by atoms with Crippen molar-refractivity contribution in [3.05, 3.63) is 34.3 Å². The first-order valence-corrected chi connectivity index (χ1v) is 7.67. The number of hydrogen-bond donors (Lipinski definition) is 1. The number of ketones is 1. The topological polar surface area (TPSA) is 72.5 Å². The zero-order valence-electron chi connectivity index (χ0n) is 13.1. The fraction of sp³-hybridized carbons (Fsp3) is 0.438. The average Bonchev–Trinajstić information content (AvgIpc) is 2.43. The third-order valence-electron chi connectivity index (χ3n) is 2.99. The van der Waals surface area contributed by atoms with Crippen LogP contribution in [0.1, 0.15) is 38.1 Å². The average molecular weight is 370 g/mol. The zero-order chi connectivity index (χ0) is 16.9. The highest BCUT2D eigenvalue weighted by Crippen LogP contribution is 2.14. The SMILES string of the molecule is C[C@H](NC(=O)c1ccc(Br)cc1)C(=O)OCC(=O)C(C)(C)C. The van der Waals surface area contributed by atoms with Crippen molar-refractivity contribution in [2.45, 2.75) is 33.7 Å². The van der Waals surface area contributed by atoms with E-state index in [0.717, 1.165) is 4.47 Å². The van der Waals surface area contributed by atoms with Crippen molar-refractivity contribution in [3.8, 4) is 0 Å². The smallest absolute Gasteiger partial charge is 0.328 e. The molecule has 1 amide bonds. The summed E-state index contributed by atoms with van der Waals surface area (Å²) in [6.07, 6.45) is 0. The molecule has 1 N–H and O–H groups in total. The molecule has 0 unspecified atom stereocenters.